The Balaban J connectivity index is 1.54. The van der Waals surface area contributed by atoms with Crippen LogP contribution in [-0.4, -0.2) is 31.7 Å². The van der Waals surface area contributed by atoms with Gasteiger partial charge in [-0.05, 0) is 12.8 Å². The molecule has 24 heavy (non-hydrogen) atoms. The second kappa shape index (κ2) is 7.90. The highest BCUT2D eigenvalue weighted by Gasteiger charge is 2.24. The minimum Gasteiger partial charge on any atom is -0.297 e. The molecule has 0 spiro atoms. The second-order valence-corrected chi connectivity index (χ2v) is 7.90. The van der Waals surface area contributed by atoms with Crippen LogP contribution in [0.2, 0.25) is 0 Å². The van der Waals surface area contributed by atoms with Crippen LogP contribution in [0.5, 0.6) is 0 Å². The lowest BCUT2D eigenvalue weighted by molar-refractivity contribution is -0.116. The van der Waals surface area contributed by atoms with E-state index in [1.165, 1.54) is 48.8 Å². The molecule has 0 saturated heterocycles. The fraction of sp³-hybridized carbons (Fsp3) is 0.562. The Kier molecular flexibility index (Phi) is 5.63. The fourth-order valence-electron chi connectivity index (χ4n) is 2.91. The molecule has 1 atom stereocenters. The molecule has 3 rings (SSSR count). The highest BCUT2D eigenvalue weighted by molar-refractivity contribution is 7.99. The minimum absolute atomic E-state index is 0.154. The molecule has 2 heterocycles. The summed E-state index contributed by atoms with van der Waals surface area (Å²) in [5.74, 6) is 0.822. The summed E-state index contributed by atoms with van der Waals surface area (Å²) in [6.07, 6.45) is 6.07. The number of Topliss-reactive ketones (excluding diaryl/α,β-unsaturated/α-hetero) is 1. The van der Waals surface area contributed by atoms with Crippen molar-refractivity contribution in [3.05, 3.63) is 21.9 Å². The van der Waals surface area contributed by atoms with Gasteiger partial charge in [0, 0.05) is 17.5 Å². The van der Waals surface area contributed by atoms with Gasteiger partial charge in [0.1, 0.15) is 10.8 Å². The number of thiazole rings is 1. The number of H-pyrrole nitrogens is 1. The zero-order chi connectivity index (χ0) is 16.9. The first-order chi connectivity index (χ1) is 11.7. The molecule has 1 fully saturated rings. The third-order valence-electron chi connectivity index (χ3n) is 4.15. The van der Waals surface area contributed by atoms with Gasteiger partial charge in [0.25, 0.3) is 0 Å². The molecule has 8 heteroatoms. The Hall–Kier alpha value is -1.72. The first-order valence-corrected chi connectivity index (χ1v) is 9.90. The first-order valence-electron chi connectivity index (χ1n) is 8.04. The summed E-state index contributed by atoms with van der Waals surface area (Å²) in [6, 6.07) is 2.06. The van der Waals surface area contributed by atoms with Gasteiger partial charge < -0.3 is 0 Å². The smallest absolute Gasteiger partial charge is 0.208 e. The first kappa shape index (κ1) is 17.1. The van der Waals surface area contributed by atoms with Crippen molar-refractivity contribution in [2.45, 2.75) is 50.1 Å². The quantitative estimate of drug-likeness (QED) is 0.761. The molecule has 1 saturated carbocycles. The standard InChI is InChI=1S/C16H19N5OS2/c1-10-8-23-15(18-10)12(7-17)13(22)9-24-16-19-14(20-21-16)6-11-4-2-3-5-11/h8,11-12H,2-6,9H2,1H3,(H,19,20,21). The maximum atomic E-state index is 12.3. The summed E-state index contributed by atoms with van der Waals surface area (Å²) in [4.78, 5) is 21.0. The number of nitrogens with zero attached hydrogens (tertiary/aromatic N) is 4. The Labute approximate surface area is 149 Å². The van der Waals surface area contributed by atoms with Crippen molar-refractivity contribution < 1.29 is 4.79 Å². The summed E-state index contributed by atoms with van der Waals surface area (Å²) in [5.41, 5.74) is 0.834. The molecule has 1 N–H and O–H groups in total. The van der Waals surface area contributed by atoms with Gasteiger partial charge in [0.2, 0.25) is 5.16 Å². The van der Waals surface area contributed by atoms with Crippen molar-refractivity contribution in [2.24, 2.45) is 5.92 Å². The highest BCUT2D eigenvalue weighted by atomic mass is 32.2. The number of carbonyl (C=O) groups excluding carboxylic acids is 1. The minimum atomic E-state index is -0.798. The van der Waals surface area contributed by atoms with Crippen molar-refractivity contribution in [2.75, 3.05) is 5.75 Å². The van der Waals surface area contributed by atoms with E-state index in [2.05, 4.69) is 26.2 Å². The Morgan fingerprint density at radius 3 is 2.96 bits per heavy atom. The average Bonchev–Trinajstić information content (AvgIpc) is 3.30. The Morgan fingerprint density at radius 2 is 2.29 bits per heavy atom. The zero-order valence-corrected chi connectivity index (χ0v) is 15.1. The van der Waals surface area contributed by atoms with E-state index in [1.54, 1.807) is 0 Å². The molecule has 2 aromatic rings. The molecule has 0 aliphatic heterocycles. The molecule has 1 unspecified atom stereocenters. The maximum Gasteiger partial charge on any atom is 0.208 e. The number of rotatable bonds is 7. The number of hydrogen-bond donors (Lipinski definition) is 1. The summed E-state index contributed by atoms with van der Waals surface area (Å²) in [7, 11) is 0. The van der Waals surface area contributed by atoms with Crippen molar-refractivity contribution in [1.29, 1.82) is 5.26 Å². The summed E-state index contributed by atoms with van der Waals surface area (Å²) < 4.78 is 0. The molecule has 126 valence electrons. The number of aromatic nitrogens is 4. The number of thioether (sulfide) groups is 1. The number of ketones is 1. The van der Waals surface area contributed by atoms with Crippen LogP contribution in [0.4, 0.5) is 0 Å². The van der Waals surface area contributed by atoms with Gasteiger partial charge in [-0.3, -0.25) is 9.89 Å². The number of aryl methyl sites for hydroxylation is 1. The molecule has 0 aromatic carbocycles. The van der Waals surface area contributed by atoms with Gasteiger partial charge in [0.05, 0.1) is 11.8 Å². The fourth-order valence-corrected chi connectivity index (χ4v) is 4.49. The molecule has 0 amide bonds. The molecule has 1 aliphatic carbocycles. The van der Waals surface area contributed by atoms with Gasteiger partial charge in [-0.25, -0.2) is 9.97 Å². The maximum absolute atomic E-state index is 12.3. The number of nitrogens with one attached hydrogen (secondary N) is 1. The van der Waals surface area contributed by atoms with Crippen molar-refractivity contribution in [3.63, 3.8) is 0 Å². The second-order valence-electron chi connectivity index (χ2n) is 6.06. The normalized spacial score (nSPS) is 16.2. The van der Waals surface area contributed by atoms with Gasteiger partial charge in [0.15, 0.2) is 11.7 Å². The predicted molar refractivity (Wildman–Crippen MR) is 93.0 cm³/mol. The Bertz CT molecular complexity index is 742. The van der Waals surface area contributed by atoms with E-state index in [4.69, 9.17) is 0 Å². The Morgan fingerprint density at radius 1 is 1.50 bits per heavy atom. The van der Waals surface area contributed by atoms with Crippen LogP contribution in [0.3, 0.4) is 0 Å². The molecule has 6 nitrogen and oxygen atoms in total. The van der Waals surface area contributed by atoms with Crippen molar-refractivity contribution >= 4 is 28.9 Å². The van der Waals surface area contributed by atoms with Crippen LogP contribution in [0.25, 0.3) is 0 Å². The van der Waals surface area contributed by atoms with Gasteiger partial charge >= 0.3 is 0 Å². The van der Waals surface area contributed by atoms with Crippen LogP contribution >= 0.6 is 23.1 Å². The third kappa shape index (κ3) is 4.22. The van der Waals surface area contributed by atoms with E-state index in [9.17, 15) is 10.1 Å². The van der Waals surface area contributed by atoms with Crippen LogP contribution in [0.1, 0.15) is 48.1 Å². The van der Waals surface area contributed by atoms with E-state index >= 15 is 0 Å². The number of aromatic amines is 1. The highest BCUT2D eigenvalue weighted by Crippen LogP contribution is 2.28. The predicted octanol–water partition coefficient (Wildman–Crippen LogP) is 3.27. The van der Waals surface area contributed by atoms with Gasteiger partial charge in [-0.2, -0.15) is 5.26 Å². The lowest BCUT2D eigenvalue weighted by Crippen LogP contribution is -2.13. The summed E-state index contributed by atoms with van der Waals surface area (Å²) >= 11 is 2.63. The molecule has 0 radical (unpaired) electrons. The zero-order valence-electron chi connectivity index (χ0n) is 13.5. The van der Waals surface area contributed by atoms with E-state index < -0.39 is 5.92 Å². The summed E-state index contributed by atoms with van der Waals surface area (Å²) in [6.45, 7) is 1.85. The molecule has 0 bridgehead atoms. The summed E-state index contributed by atoms with van der Waals surface area (Å²) in [5, 5.41) is 19.4. The number of hydrogen-bond acceptors (Lipinski definition) is 7. The van der Waals surface area contributed by atoms with E-state index in [-0.39, 0.29) is 11.5 Å². The number of nitriles is 1. The topological polar surface area (TPSA) is 95.3 Å². The van der Waals surface area contributed by atoms with Gasteiger partial charge in [-0.1, -0.05) is 37.4 Å². The van der Waals surface area contributed by atoms with Crippen LogP contribution in [0, 0.1) is 24.2 Å². The van der Waals surface area contributed by atoms with Crippen LogP contribution in [-0.2, 0) is 11.2 Å². The van der Waals surface area contributed by atoms with E-state index in [0.717, 1.165) is 17.9 Å². The molecular formula is C16H19N5OS2. The van der Waals surface area contributed by atoms with E-state index in [0.29, 0.717) is 16.1 Å². The SMILES string of the molecule is Cc1csc(C(C#N)C(=O)CSc2n[nH]c(CC3CCCC3)n2)n1. The van der Waals surface area contributed by atoms with E-state index in [1.807, 2.05) is 12.3 Å². The van der Waals surface area contributed by atoms with Crippen molar-refractivity contribution in [3.8, 4) is 6.07 Å². The third-order valence-corrected chi connectivity index (χ3v) is 6.04. The molecule has 1 aliphatic rings. The number of carbonyl (C=O) groups is 1. The van der Waals surface area contributed by atoms with Gasteiger partial charge in [-0.15, -0.1) is 16.4 Å². The van der Waals surface area contributed by atoms with Crippen LogP contribution < -0.4 is 0 Å². The van der Waals surface area contributed by atoms with Crippen molar-refractivity contribution in [1.82, 2.24) is 20.2 Å². The molecular weight excluding hydrogens is 342 g/mol. The van der Waals surface area contributed by atoms with Crippen LogP contribution in [0.15, 0.2) is 10.5 Å². The molecule has 2 aromatic heterocycles. The lowest BCUT2D eigenvalue weighted by atomic mass is 10.0. The largest absolute Gasteiger partial charge is 0.297 e. The monoisotopic (exact) mass is 361 g/mol. The lowest BCUT2D eigenvalue weighted by Gasteiger charge is -2.04. The average molecular weight is 361 g/mol.